The van der Waals surface area contributed by atoms with Crippen molar-refractivity contribution in [2.45, 2.75) is 32.9 Å². The summed E-state index contributed by atoms with van der Waals surface area (Å²) >= 11 is 0. The number of hydrogen-bond donors (Lipinski definition) is 1. The van der Waals surface area contributed by atoms with Gasteiger partial charge < -0.3 is 19.5 Å². The maximum atomic E-state index is 5.34. The quantitative estimate of drug-likeness (QED) is 0.411. The minimum Gasteiger partial charge on any atom is -0.496 e. The Morgan fingerprint density at radius 2 is 2.22 bits per heavy atom. The van der Waals surface area contributed by atoms with Crippen LogP contribution in [0.25, 0.3) is 0 Å². The van der Waals surface area contributed by atoms with Crippen LogP contribution in [0.1, 0.15) is 30.5 Å². The van der Waals surface area contributed by atoms with Crippen LogP contribution in [0.4, 0.5) is 0 Å². The Bertz CT molecular complexity index is 747. The molecule has 0 amide bonds. The molecule has 1 saturated heterocycles. The zero-order valence-corrected chi connectivity index (χ0v) is 18.9. The van der Waals surface area contributed by atoms with Crippen LogP contribution < -0.4 is 10.1 Å². The predicted octanol–water partition coefficient (Wildman–Crippen LogP) is 3.48. The van der Waals surface area contributed by atoms with Crippen LogP contribution in [0.5, 0.6) is 5.75 Å². The van der Waals surface area contributed by atoms with Gasteiger partial charge in [-0.3, -0.25) is 4.99 Å². The van der Waals surface area contributed by atoms with Gasteiger partial charge in [0.1, 0.15) is 5.75 Å². The lowest BCUT2D eigenvalue weighted by Gasteiger charge is -2.39. The summed E-state index contributed by atoms with van der Waals surface area (Å²) in [5.41, 5.74) is 2.37. The van der Waals surface area contributed by atoms with Crippen LogP contribution in [0.2, 0.25) is 0 Å². The van der Waals surface area contributed by atoms with Gasteiger partial charge in [-0.1, -0.05) is 19.1 Å². The summed E-state index contributed by atoms with van der Waals surface area (Å²) < 4.78 is 7.56. The number of aromatic nitrogens is 2. The van der Waals surface area contributed by atoms with E-state index in [1.165, 1.54) is 5.56 Å². The van der Waals surface area contributed by atoms with Gasteiger partial charge in [-0.05, 0) is 36.5 Å². The molecule has 148 valence electrons. The molecule has 0 spiro atoms. The standard InChI is InChI=1S/C20H29N5O.HI/c1-15-7-9-24(13-18(15)25-10-8-22-14-25)20(21-3)23-12-17-5-6-19(26-4)16(2)11-17;/h5-6,8,10-11,14-15,18H,7,9,12-13H2,1-4H3,(H,21,23);1H. The van der Waals surface area contributed by atoms with E-state index < -0.39 is 0 Å². The number of guanidine groups is 1. The summed E-state index contributed by atoms with van der Waals surface area (Å²) in [6.07, 6.45) is 6.97. The second kappa shape index (κ2) is 9.96. The average molecular weight is 483 g/mol. The van der Waals surface area contributed by atoms with Crippen LogP contribution >= 0.6 is 24.0 Å². The maximum Gasteiger partial charge on any atom is 0.193 e. The zero-order valence-electron chi connectivity index (χ0n) is 16.6. The third-order valence-electron chi connectivity index (χ3n) is 5.25. The normalized spacial score (nSPS) is 20.1. The van der Waals surface area contributed by atoms with Crippen LogP contribution in [0.15, 0.2) is 41.9 Å². The average Bonchev–Trinajstić information content (AvgIpc) is 3.18. The lowest BCUT2D eigenvalue weighted by atomic mass is 9.93. The highest BCUT2D eigenvalue weighted by molar-refractivity contribution is 14.0. The highest BCUT2D eigenvalue weighted by Crippen LogP contribution is 2.27. The summed E-state index contributed by atoms with van der Waals surface area (Å²) in [6, 6.07) is 6.70. The topological polar surface area (TPSA) is 54.7 Å². The Hall–Kier alpha value is -1.77. The Morgan fingerprint density at radius 1 is 1.41 bits per heavy atom. The number of halogens is 1. The number of methoxy groups -OCH3 is 1. The molecule has 1 aliphatic rings. The van der Waals surface area contributed by atoms with Crippen molar-refractivity contribution >= 4 is 29.9 Å². The number of hydrogen-bond acceptors (Lipinski definition) is 3. The molecule has 0 aliphatic carbocycles. The molecule has 0 bridgehead atoms. The fourth-order valence-electron chi connectivity index (χ4n) is 3.66. The van der Waals surface area contributed by atoms with Gasteiger partial charge in [0.15, 0.2) is 5.96 Å². The van der Waals surface area contributed by atoms with E-state index in [1.807, 2.05) is 25.6 Å². The molecule has 1 aromatic carbocycles. The largest absolute Gasteiger partial charge is 0.496 e. The number of aryl methyl sites for hydroxylation is 1. The van der Waals surface area contributed by atoms with E-state index in [0.717, 1.165) is 43.3 Å². The number of ether oxygens (including phenoxy) is 1. The molecule has 0 saturated carbocycles. The first-order valence-corrected chi connectivity index (χ1v) is 9.19. The van der Waals surface area contributed by atoms with Crippen molar-refractivity contribution < 1.29 is 4.74 Å². The first-order valence-electron chi connectivity index (χ1n) is 9.19. The molecule has 6 nitrogen and oxygen atoms in total. The summed E-state index contributed by atoms with van der Waals surface area (Å²) in [4.78, 5) is 11.1. The second-order valence-electron chi connectivity index (χ2n) is 6.99. The van der Waals surface area contributed by atoms with E-state index in [2.05, 4.69) is 56.9 Å². The molecular weight excluding hydrogens is 453 g/mol. The number of nitrogens with zero attached hydrogens (tertiary/aromatic N) is 4. The Kier molecular flexibility index (Phi) is 7.94. The van der Waals surface area contributed by atoms with E-state index in [9.17, 15) is 0 Å². The Morgan fingerprint density at radius 3 is 2.85 bits per heavy atom. The van der Waals surface area contributed by atoms with Crippen LogP contribution in [0.3, 0.4) is 0 Å². The van der Waals surface area contributed by atoms with Crippen LogP contribution in [0, 0.1) is 12.8 Å². The van der Waals surface area contributed by atoms with Crippen LogP contribution in [-0.4, -0.2) is 47.7 Å². The molecular formula is C20H30IN5O. The van der Waals surface area contributed by atoms with Gasteiger partial charge in [0, 0.05) is 39.1 Å². The van der Waals surface area contributed by atoms with Gasteiger partial charge in [-0.25, -0.2) is 4.98 Å². The molecule has 2 heterocycles. The molecule has 0 radical (unpaired) electrons. The summed E-state index contributed by atoms with van der Waals surface area (Å²) in [7, 11) is 3.56. The van der Waals surface area contributed by atoms with Gasteiger partial charge in [-0.15, -0.1) is 24.0 Å². The van der Waals surface area contributed by atoms with Gasteiger partial charge in [-0.2, -0.15) is 0 Å². The van der Waals surface area contributed by atoms with Crippen molar-refractivity contribution in [3.8, 4) is 5.75 Å². The number of nitrogens with one attached hydrogen (secondary N) is 1. The molecule has 7 heteroatoms. The fraction of sp³-hybridized carbons (Fsp3) is 0.500. The van der Waals surface area contributed by atoms with Crippen molar-refractivity contribution in [3.63, 3.8) is 0 Å². The zero-order chi connectivity index (χ0) is 18.5. The molecule has 27 heavy (non-hydrogen) atoms. The van der Waals surface area contributed by atoms with E-state index in [1.54, 1.807) is 7.11 Å². The smallest absolute Gasteiger partial charge is 0.193 e. The highest BCUT2D eigenvalue weighted by atomic mass is 127. The number of benzene rings is 1. The third kappa shape index (κ3) is 5.15. The third-order valence-corrected chi connectivity index (χ3v) is 5.25. The minimum atomic E-state index is 0. The molecule has 1 fully saturated rings. The lowest BCUT2D eigenvalue weighted by Crippen LogP contribution is -2.48. The second-order valence-corrected chi connectivity index (χ2v) is 6.99. The van der Waals surface area contributed by atoms with Crippen molar-refractivity contribution in [1.29, 1.82) is 0 Å². The monoisotopic (exact) mass is 483 g/mol. The number of piperidine rings is 1. The van der Waals surface area contributed by atoms with Crippen molar-refractivity contribution in [1.82, 2.24) is 19.8 Å². The highest BCUT2D eigenvalue weighted by Gasteiger charge is 2.28. The molecule has 2 aromatic rings. The lowest BCUT2D eigenvalue weighted by molar-refractivity contribution is 0.189. The van der Waals surface area contributed by atoms with E-state index in [0.29, 0.717) is 12.0 Å². The van der Waals surface area contributed by atoms with Gasteiger partial charge in [0.25, 0.3) is 0 Å². The first-order chi connectivity index (χ1) is 12.6. The van der Waals surface area contributed by atoms with Crippen molar-refractivity contribution in [3.05, 3.63) is 48.0 Å². The number of rotatable bonds is 4. The molecule has 1 N–H and O–H groups in total. The Labute approximate surface area is 179 Å². The summed E-state index contributed by atoms with van der Waals surface area (Å²) in [5.74, 6) is 2.50. The molecule has 1 aromatic heterocycles. The Balaban J connectivity index is 0.00000261. The molecule has 1 aliphatic heterocycles. The minimum absolute atomic E-state index is 0. The van der Waals surface area contributed by atoms with E-state index in [-0.39, 0.29) is 24.0 Å². The maximum absolute atomic E-state index is 5.34. The van der Waals surface area contributed by atoms with Gasteiger partial charge in [0.2, 0.25) is 0 Å². The SMILES string of the molecule is CN=C(NCc1ccc(OC)c(C)c1)N1CCC(C)C(n2ccnc2)C1.I. The van der Waals surface area contributed by atoms with Crippen LogP contribution in [-0.2, 0) is 6.54 Å². The predicted molar refractivity (Wildman–Crippen MR) is 120 cm³/mol. The first kappa shape index (κ1) is 21.5. The number of likely N-dealkylation sites (tertiary alicyclic amines) is 1. The van der Waals surface area contributed by atoms with Gasteiger partial charge >= 0.3 is 0 Å². The summed E-state index contributed by atoms with van der Waals surface area (Å²) in [5, 5.41) is 3.51. The van der Waals surface area contributed by atoms with Gasteiger partial charge in [0.05, 0.1) is 19.5 Å². The summed E-state index contributed by atoms with van der Waals surface area (Å²) in [6.45, 7) is 7.10. The molecule has 2 unspecified atom stereocenters. The van der Waals surface area contributed by atoms with Crippen molar-refractivity contribution in [2.75, 3.05) is 27.2 Å². The van der Waals surface area contributed by atoms with Crippen molar-refractivity contribution in [2.24, 2.45) is 10.9 Å². The number of imidazole rings is 1. The number of aliphatic imine (C=N–C) groups is 1. The molecule has 2 atom stereocenters. The fourth-order valence-corrected chi connectivity index (χ4v) is 3.66. The van der Waals surface area contributed by atoms with E-state index >= 15 is 0 Å². The molecule has 3 rings (SSSR count). The van der Waals surface area contributed by atoms with E-state index in [4.69, 9.17) is 4.74 Å².